The highest BCUT2D eigenvalue weighted by atomic mass is 79.9. The van der Waals surface area contributed by atoms with Crippen molar-refractivity contribution in [2.75, 3.05) is 11.1 Å². The molecule has 0 unspecified atom stereocenters. The number of benzene rings is 2. The molecule has 0 atom stereocenters. The minimum Gasteiger partial charge on any atom is -0.398 e. The monoisotopic (exact) mass is 361 g/mol. The first-order valence-corrected chi connectivity index (χ1v) is 7.58. The number of hydrogen-bond donors (Lipinski definition) is 2. The summed E-state index contributed by atoms with van der Waals surface area (Å²) >= 11 is 9.66. The zero-order valence-electron chi connectivity index (χ0n) is 11.3. The summed E-state index contributed by atoms with van der Waals surface area (Å²) < 4.78 is 0.896. The number of nitrogens with two attached hydrogens (primary N) is 1. The zero-order chi connectivity index (χ0) is 15.0. The number of nitrogens with zero attached hydrogens (tertiary/aromatic N) is 1. The van der Waals surface area contributed by atoms with Gasteiger partial charge in [0.2, 0.25) is 0 Å². The van der Waals surface area contributed by atoms with Crippen LogP contribution in [0.15, 0.2) is 47.1 Å². The predicted octanol–water partition coefficient (Wildman–Crippen LogP) is 5.28. The van der Waals surface area contributed by atoms with Crippen molar-refractivity contribution in [2.45, 2.75) is 6.92 Å². The molecule has 0 aliphatic carbocycles. The highest BCUT2D eigenvalue weighted by molar-refractivity contribution is 9.10. The topological polar surface area (TPSA) is 50.9 Å². The maximum absolute atomic E-state index is 6.24. The molecular weight excluding hydrogens is 350 g/mol. The molecule has 0 aliphatic heterocycles. The summed E-state index contributed by atoms with van der Waals surface area (Å²) in [6, 6.07) is 11.6. The number of fused-ring (bicyclic) bond motifs is 1. The molecule has 0 amide bonds. The lowest BCUT2D eigenvalue weighted by Crippen LogP contribution is -1.97. The van der Waals surface area contributed by atoms with Crippen LogP contribution in [0.1, 0.15) is 5.56 Å². The third-order valence-corrected chi connectivity index (χ3v) is 4.00. The molecule has 0 aliphatic rings. The second-order valence-electron chi connectivity index (χ2n) is 4.86. The van der Waals surface area contributed by atoms with E-state index in [9.17, 15) is 0 Å². The fraction of sp³-hybridized carbons (Fsp3) is 0.0625. The van der Waals surface area contributed by atoms with Crippen molar-refractivity contribution < 1.29 is 0 Å². The molecule has 0 fully saturated rings. The van der Waals surface area contributed by atoms with Gasteiger partial charge in [-0.15, -0.1) is 0 Å². The number of aryl methyl sites for hydroxylation is 1. The van der Waals surface area contributed by atoms with Crippen molar-refractivity contribution in [3.8, 4) is 0 Å². The molecule has 3 aromatic rings. The van der Waals surface area contributed by atoms with Gasteiger partial charge in [0.25, 0.3) is 0 Å². The fourth-order valence-electron chi connectivity index (χ4n) is 2.20. The van der Waals surface area contributed by atoms with Gasteiger partial charge < -0.3 is 11.1 Å². The molecule has 0 saturated heterocycles. The summed E-state index contributed by atoms with van der Waals surface area (Å²) in [4.78, 5) is 4.46. The standard InChI is InChI=1S/C16H13BrClN3/c1-9-2-3-12(18)15(6-9)21-14-5-4-13(19)11-7-10(17)8-20-16(11)14/h2-8,21H,19H2,1H3. The predicted molar refractivity (Wildman–Crippen MR) is 93.3 cm³/mol. The Balaban J connectivity index is 2.13. The maximum Gasteiger partial charge on any atom is 0.0958 e. The van der Waals surface area contributed by atoms with E-state index < -0.39 is 0 Å². The van der Waals surface area contributed by atoms with E-state index in [2.05, 4.69) is 26.2 Å². The number of rotatable bonds is 2. The van der Waals surface area contributed by atoms with E-state index in [-0.39, 0.29) is 0 Å². The lowest BCUT2D eigenvalue weighted by molar-refractivity contribution is 1.38. The average molecular weight is 363 g/mol. The Bertz CT molecular complexity index is 833. The molecular formula is C16H13BrClN3. The first-order chi connectivity index (χ1) is 10.0. The van der Waals surface area contributed by atoms with Gasteiger partial charge in [-0.05, 0) is 58.7 Å². The molecule has 0 radical (unpaired) electrons. The van der Waals surface area contributed by atoms with Gasteiger partial charge in [0.05, 0.1) is 21.9 Å². The van der Waals surface area contributed by atoms with Crippen LogP contribution < -0.4 is 11.1 Å². The minimum atomic E-state index is 0.669. The number of hydrogen-bond acceptors (Lipinski definition) is 3. The van der Waals surface area contributed by atoms with Crippen molar-refractivity contribution >= 4 is 55.5 Å². The quantitative estimate of drug-likeness (QED) is 0.609. The van der Waals surface area contributed by atoms with Crippen molar-refractivity contribution in [1.29, 1.82) is 0 Å². The van der Waals surface area contributed by atoms with Gasteiger partial charge in [-0.2, -0.15) is 0 Å². The second-order valence-corrected chi connectivity index (χ2v) is 6.18. The molecule has 3 rings (SSSR count). The molecule has 5 heteroatoms. The third-order valence-electron chi connectivity index (χ3n) is 3.24. The van der Waals surface area contributed by atoms with Crippen LogP contribution in [0.3, 0.4) is 0 Å². The molecule has 3 nitrogen and oxygen atoms in total. The highest BCUT2D eigenvalue weighted by Gasteiger charge is 2.08. The Labute approximate surface area is 136 Å². The Kier molecular flexibility index (Phi) is 3.74. The van der Waals surface area contributed by atoms with Crippen molar-refractivity contribution in [3.05, 3.63) is 57.7 Å². The van der Waals surface area contributed by atoms with E-state index in [1.807, 2.05) is 43.3 Å². The van der Waals surface area contributed by atoms with E-state index in [1.165, 1.54) is 0 Å². The number of aromatic nitrogens is 1. The zero-order valence-corrected chi connectivity index (χ0v) is 13.7. The Morgan fingerprint density at radius 3 is 2.76 bits per heavy atom. The molecule has 2 aromatic carbocycles. The van der Waals surface area contributed by atoms with Crippen LogP contribution in [-0.4, -0.2) is 4.98 Å². The summed E-state index contributed by atoms with van der Waals surface area (Å²) in [7, 11) is 0. The summed E-state index contributed by atoms with van der Waals surface area (Å²) in [6.45, 7) is 2.03. The van der Waals surface area contributed by atoms with Gasteiger partial charge in [0.15, 0.2) is 0 Å². The second kappa shape index (κ2) is 5.54. The van der Waals surface area contributed by atoms with E-state index in [4.69, 9.17) is 17.3 Å². The van der Waals surface area contributed by atoms with Crippen LogP contribution in [0.2, 0.25) is 5.02 Å². The lowest BCUT2D eigenvalue weighted by Gasteiger charge is -2.12. The van der Waals surface area contributed by atoms with Crippen LogP contribution in [0.4, 0.5) is 17.1 Å². The summed E-state index contributed by atoms with van der Waals surface area (Å²) in [5.41, 5.74) is 10.4. The number of nitrogen functional groups attached to an aromatic ring is 1. The van der Waals surface area contributed by atoms with Crippen LogP contribution in [-0.2, 0) is 0 Å². The highest BCUT2D eigenvalue weighted by Crippen LogP contribution is 2.33. The fourth-order valence-corrected chi connectivity index (χ4v) is 2.69. The number of pyridine rings is 1. The molecule has 0 spiro atoms. The van der Waals surface area contributed by atoms with E-state index >= 15 is 0 Å². The van der Waals surface area contributed by atoms with E-state index in [0.717, 1.165) is 32.3 Å². The SMILES string of the molecule is Cc1ccc(Cl)c(Nc2ccc(N)c3cc(Br)cnc23)c1. The van der Waals surface area contributed by atoms with Gasteiger partial charge in [-0.1, -0.05) is 17.7 Å². The third kappa shape index (κ3) is 2.82. The maximum atomic E-state index is 6.24. The first kappa shape index (κ1) is 14.2. The molecule has 21 heavy (non-hydrogen) atoms. The Morgan fingerprint density at radius 1 is 1.14 bits per heavy atom. The molecule has 1 heterocycles. The molecule has 3 N–H and O–H groups in total. The van der Waals surface area contributed by atoms with E-state index in [1.54, 1.807) is 6.20 Å². The Hall–Kier alpha value is -1.78. The lowest BCUT2D eigenvalue weighted by atomic mass is 10.1. The minimum absolute atomic E-state index is 0.669. The van der Waals surface area contributed by atoms with Crippen LogP contribution in [0.5, 0.6) is 0 Å². The van der Waals surface area contributed by atoms with Crippen molar-refractivity contribution in [3.63, 3.8) is 0 Å². The van der Waals surface area contributed by atoms with Crippen LogP contribution >= 0.6 is 27.5 Å². The normalized spacial score (nSPS) is 10.8. The smallest absolute Gasteiger partial charge is 0.0958 e. The molecule has 0 bridgehead atoms. The molecule has 106 valence electrons. The van der Waals surface area contributed by atoms with Crippen LogP contribution in [0.25, 0.3) is 10.9 Å². The summed E-state index contributed by atoms with van der Waals surface area (Å²) in [5.74, 6) is 0. The van der Waals surface area contributed by atoms with Gasteiger partial charge >= 0.3 is 0 Å². The van der Waals surface area contributed by atoms with Gasteiger partial charge in [-0.3, -0.25) is 4.98 Å². The molecule has 1 aromatic heterocycles. The van der Waals surface area contributed by atoms with Crippen LogP contribution in [0, 0.1) is 6.92 Å². The number of anilines is 3. The van der Waals surface area contributed by atoms with Crippen molar-refractivity contribution in [2.24, 2.45) is 0 Å². The summed E-state index contributed by atoms with van der Waals surface area (Å²) in [5, 5.41) is 4.91. The Morgan fingerprint density at radius 2 is 1.95 bits per heavy atom. The van der Waals surface area contributed by atoms with E-state index in [0.29, 0.717) is 10.7 Å². The summed E-state index contributed by atoms with van der Waals surface area (Å²) in [6.07, 6.45) is 1.75. The van der Waals surface area contributed by atoms with Gasteiger partial charge in [0, 0.05) is 21.7 Å². The largest absolute Gasteiger partial charge is 0.398 e. The number of halogens is 2. The molecule has 0 saturated carbocycles. The first-order valence-electron chi connectivity index (χ1n) is 6.41. The van der Waals surface area contributed by atoms with Gasteiger partial charge in [0.1, 0.15) is 0 Å². The number of nitrogens with one attached hydrogen (secondary N) is 1. The average Bonchev–Trinajstić information content (AvgIpc) is 2.46. The van der Waals surface area contributed by atoms with Gasteiger partial charge in [-0.25, -0.2) is 0 Å². The van der Waals surface area contributed by atoms with Crippen molar-refractivity contribution in [1.82, 2.24) is 4.98 Å².